The van der Waals surface area contributed by atoms with Crippen LogP contribution in [0.1, 0.15) is 36.2 Å². The molecule has 0 spiro atoms. The van der Waals surface area contributed by atoms with Crippen molar-refractivity contribution in [3.05, 3.63) is 41.5 Å². The van der Waals surface area contributed by atoms with Gasteiger partial charge in [0.15, 0.2) is 0 Å². The van der Waals surface area contributed by atoms with E-state index in [2.05, 4.69) is 10.6 Å². The van der Waals surface area contributed by atoms with E-state index in [-0.39, 0.29) is 5.91 Å². The number of nitrogens with one attached hydrogen (secondary N) is 2. The predicted molar refractivity (Wildman–Crippen MR) is 87.7 cm³/mol. The number of hydrogen-bond donors (Lipinski definition) is 2. The summed E-state index contributed by atoms with van der Waals surface area (Å²) in [7, 11) is 2.85. The number of amides is 2. The van der Waals surface area contributed by atoms with E-state index in [9.17, 15) is 14.4 Å². The first-order chi connectivity index (χ1) is 10.9. The average Bonchev–Trinajstić information content (AvgIpc) is 2.58. The van der Waals surface area contributed by atoms with E-state index >= 15 is 0 Å². The smallest absolute Gasteiger partial charge is 0.331 e. The van der Waals surface area contributed by atoms with Gasteiger partial charge in [-0.25, -0.2) is 4.79 Å². The van der Waals surface area contributed by atoms with E-state index in [1.165, 1.54) is 13.2 Å². The van der Waals surface area contributed by atoms with Crippen LogP contribution in [0, 0.1) is 0 Å². The Morgan fingerprint density at radius 1 is 1.22 bits per heavy atom. The molecular weight excluding hydrogens is 296 g/mol. The summed E-state index contributed by atoms with van der Waals surface area (Å²) in [6, 6.07) is 6.80. The van der Waals surface area contributed by atoms with Crippen LogP contribution in [0.5, 0.6) is 0 Å². The molecule has 0 bridgehead atoms. The molecule has 0 aromatic heterocycles. The molecule has 1 aromatic rings. The van der Waals surface area contributed by atoms with Gasteiger partial charge in [0.2, 0.25) is 5.91 Å². The Morgan fingerprint density at radius 2 is 1.83 bits per heavy atom. The Hall–Kier alpha value is -2.63. The fourth-order valence-electron chi connectivity index (χ4n) is 1.88. The van der Waals surface area contributed by atoms with Gasteiger partial charge in [0.1, 0.15) is 5.54 Å². The molecule has 1 atom stereocenters. The summed E-state index contributed by atoms with van der Waals surface area (Å²) in [6.45, 7) is 3.40. The Labute approximate surface area is 135 Å². The molecule has 23 heavy (non-hydrogen) atoms. The number of benzene rings is 1. The van der Waals surface area contributed by atoms with E-state index in [0.717, 1.165) is 5.56 Å². The highest BCUT2D eigenvalue weighted by atomic mass is 16.5. The number of methoxy groups -OCH3 is 1. The molecule has 0 saturated heterocycles. The summed E-state index contributed by atoms with van der Waals surface area (Å²) in [5.41, 5.74) is 0.251. The SMILES string of the molecule is CC[C@@](C)(NC(=O)/C=C\c1ccc(C(=O)NC)cc1)C(=O)OC. The van der Waals surface area contributed by atoms with Crippen LogP contribution in [-0.4, -0.2) is 37.5 Å². The molecule has 0 aliphatic heterocycles. The molecule has 0 aliphatic carbocycles. The van der Waals surface area contributed by atoms with E-state index < -0.39 is 17.4 Å². The minimum absolute atomic E-state index is 0.171. The zero-order valence-electron chi connectivity index (χ0n) is 13.8. The summed E-state index contributed by atoms with van der Waals surface area (Å²) >= 11 is 0. The van der Waals surface area contributed by atoms with Gasteiger partial charge < -0.3 is 15.4 Å². The Balaban J connectivity index is 2.75. The van der Waals surface area contributed by atoms with Gasteiger partial charge >= 0.3 is 5.97 Å². The van der Waals surface area contributed by atoms with Crippen molar-refractivity contribution in [2.45, 2.75) is 25.8 Å². The van der Waals surface area contributed by atoms with Gasteiger partial charge in [-0.1, -0.05) is 19.1 Å². The Kier molecular flexibility index (Phi) is 6.50. The van der Waals surface area contributed by atoms with Crippen LogP contribution in [0.25, 0.3) is 6.08 Å². The first kappa shape index (κ1) is 18.4. The van der Waals surface area contributed by atoms with Gasteiger partial charge in [-0.3, -0.25) is 9.59 Å². The molecule has 0 radical (unpaired) electrons. The van der Waals surface area contributed by atoms with Crippen molar-refractivity contribution in [1.29, 1.82) is 0 Å². The van der Waals surface area contributed by atoms with Gasteiger partial charge in [0, 0.05) is 18.7 Å². The van der Waals surface area contributed by atoms with E-state index in [1.807, 2.05) is 0 Å². The Morgan fingerprint density at radius 3 is 2.30 bits per heavy atom. The molecule has 0 fully saturated rings. The third-order valence-electron chi connectivity index (χ3n) is 3.57. The molecule has 124 valence electrons. The third kappa shape index (κ3) is 4.95. The number of carbonyl (C=O) groups excluding carboxylic acids is 3. The van der Waals surface area contributed by atoms with Crippen LogP contribution in [0.15, 0.2) is 30.3 Å². The van der Waals surface area contributed by atoms with Crippen LogP contribution >= 0.6 is 0 Å². The number of esters is 1. The maximum atomic E-state index is 12.0. The van der Waals surface area contributed by atoms with Crippen LogP contribution in [0.2, 0.25) is 0 Å². The average molecular weight is 318 g/mol. The maximum absolute atomic E-state index is 12.0. The van der Waals surface area contributed by atoms with Crippen molar-refractivity contribution in [2.75, 3.05) is 14.2 Å². The Bertz CT molecular complexity index is 608. The number of ether oxygens (including phenoxy) is 1. The highest BCUT2D eigenvalue weighted by molar-refractivity contribution is 5.96. The summed E-state index contributed by atoms with van der Waals surface area (Å²) in [5.74, 6) is -1.05. The number of hydrogen-bond acceptors (Lipinski definition) is 4. The molecule has 0 aliphatic rings. The second-order valence-corrected chi connectivity index (χ2v) is 5.20. The fourth-order valence-corrected chi connectivity index (χ4v) is 1.88. The maximum Gasteiger partial charge on any atom is 0.331 e. The molecule has 6 heteroatoms. The molecule has 0 unspecified atom stereocenters. The van der Waals surface area contributed by atoms with Crippen LogP contribution in [0.3, 0.4) is 0 Å². The molecule has 1 aromatic carbocycles. The lowest BCUT2D eigenvalue weighted by atomic mass is 9.99. The van der Waals surface area contributed by atoms with Crippen molar-refractivity contribution < 1.29 is 19.1 Å². The summed E-state index contributed by atoms with van der Waals surface area (Å²) in [5, 5.41) is 5.17. The quantitative estimate of drug-likeness (QED) is 0.615. The monoisotopic (exact) mass is 318 g/mol. The van der Waals surface area contributed by atoms with Crippen LogP contribution in [-0.2, 0) is 14.3 Å². The lowest BCUT2D eigenvalue weighted by Gasteiger charge is -2.25. The summed E-state index contributed by atoms with van der Waals surface area (Å²) < 4.78 is 4.70. The minimum atomic E-state index is -1.06. The molecular formula is C17H22N2O4. The highest BCUT2D eigenvalue weighted by Gasteiger charge is 2.33. The van der Waals surface area contributed by atoms with Crippen LogP contribution < -0.4 is 10.6 Å². The lowest BCUT2D eigenvalue weighted by molar-refractivity contribution is -0.149. The second-order valence-electron chi connectivity index (χ2n) is 5.20. The van der Waals surface area contributed by atoms with Gasteiger partial charge in [-0.2, -0.15) is 0 Å². The first-order valence-corrected chi connectivity index (χ1v) is 7.27. The number of carbonyl (C=O) groups is 3. The van der Waals surface area contributed by atoms with Crippen LogP contribution in [0.4, 0.5) is 0 Å². The summed E-state index contributed by atoms with van der Waals surface area (Å²) in [4.78, 5) is 35.1. The van der Waals surface area contributed by atoms with Crippen molar-refractivity contribution in [1.82, 2.24) is 10.6 Å². The molecule has 1 rings (SSSR count). The highest BCUT2D eigenvalue weighted by Crippen LogP contribution is 2.12. The molecule has 6 nitrogen and oxygen atoms in total. The van der Waals surface area contributed by atoms with E-state index in [4.69, 9.17) is 4.74 Å². The lowest BCUT2D eigenvalue weighted by Crippen LogP contribution is -2.51. The van der Waals surface area contributed by atoms with E-state index in [0.29, 0.717) is 12.0 Å². The predicted octanol–water partition coefficient (Wildman–Crippen LogP) is 1.52. The molecule has 2 amide bonds. The number of rotatable bonds is 6. The first-order valence-electron chi connectivity index (χ1n) is 7.27. The topological polar surface area (TPSA) is 84.5 Å². The normalized spacial score (nSPS) is 13.2. The standard InChI is InChI=1S/C17H22N2O4/c1-5-17(2,16(22)23-4)19-14(20)11-8-12-6-9-13(10-7-12)15(21)18-3/h6-11H,5H2,1-4H3,(H,18,21)(H,19,20)/b11-8-/t17-/m1/s1. The fraction of sp³-hybridized carbons (Fsp3) is 0.353. The van der Waals surface area contributed by atoms with Gasteiger partial charge in [0.05, 0.1) is 7.11 Å². The minimum Gasteiger partial charge on any atom is -0.467 e. The van der Waals surface area contributed by atoms with Crippen molar-refractivity contribution in [3.8, 4) is 0 Å². The molecule has 0 saturated carbocycles. The largest absolute Gasteiger partial charge is 0.467 e. The van der Waals surface area contributed by atoms with Gasteiger partial charge in [-0.15, -0.1) is 0 Å². The third-order valence-corrected chi connectivity index (χ3v) is 3.57. The zero-order valence-corrected chi connectivity index (χ0v) is 13.8. The zero-order chi connectivity index (χ0) is 17.5. The molecule has 0 heterocycles. The van der Waals surface area contributed by atoms with Crippen molar-refractivity contribution >= 4 is 23.9 Å². The van der Waals surface area contributed by atoms with Crippen molar-refractivity contribution in [3.63, 3.8) is 0 Å². The second kappa shape index (κ2) is 8.12. The van der Waals surface area contributed by atoms with Gasteiger partial charge in [0.25, 0.3) is 5.91 Å². The van der Waals surface area contributed by atoms with Crippen molar-refractivity contribution in [2.24, 2.45) is 0 Å². The molecule has 2 N–H and O–H groups in total. The summed E-state index contributed by atoms with van der Waals surface area (Å²) in [6.07, 6.45) is 3.36. The van der Waals surface area contributed by atoms with Gasteiger partial charge in [-0.05, 0) is 37.1 Å². The van der Waals surface area contributed by atoms with E-state index in [1.54, 1.807) is 51.2 Å².